The van der Waals surface area contributed by atoms with E-state index >= 15 is 0 Å². The molecule has 1 spiro atoms. The fourth-order valence-corrected chi connectivity index (χ4v) is 6.28. The maximum absolute atomic E-state index is 13.5. The number of nitrogens with zero attached hydrogens (tertiary/aromatic N) is 4. The molecule has 0 bridgehead atoms. The zero-order valence-corrected chi connectivity index (χ0v) is 21.1. The summed E-state index contributed by atoms with van der Waals surface area (Å²) in [4.78, 5) is 10.4. The molecule has 38 heavy (non-hydrogen) atoms. The number of benzene rings is 1. The average molecular weight is 537 g/mol. The van der Waals surface area contributed by atoms with Gasteiger partial charge in [-0.05, 0) is 61.9 Å². The number of hydrogen-bond acceptors (Lipinski definition) is 5. The van der Waals surface area contributed by atoms with Gasteiger partial charge in [0.15, 0.2) is 0 Å². The van der Waals surface area contributed by atoms with E-state index in [4.69, 9.17) is 16.1 Å². The molecule has 2 aliphatic carbocycles. The van der Waals surface area contributed by atoms with Crippen LogP contribution in [0.1, 0.15) is 48.5 Å². The Morgan fingerprint density at radius 1 is 1.08 bits per heavy atom. The zero-order chi connectivity index (χ0) is 26.1. The largest absolute Gasteiger partial charge is 0.417 e. The van der Waals surface area contributed by atoms with E-state index in [1.165, 1.54) is 6.20 Å². The van der Waals surface area contributed by atoms with Gasteiger partial charge in [0.25, 0.3) is 0 Å². The molecule has 9 heteroatoms. The van der Waals surface area contributed by atoms with Crippen molar-refractivity contribution in [3.05, 3.63) is 76.9 Å². The summed E-state index contributed by atoms with van der Waals surface area (Å²) in [6, 6.07) is 8.08. The van der Waals surface area contributed by atoms with Crippen molar-refractivity contribution in [2.45, 2.75) is 37.8 Å². The van der Waals surface area contributed by atoms with Gasteiger partial charge in [-0.3, -0.25) is 9.97 Å². The standard InChI is InChI=1S/C29H24ClF3N4O/c30-24-14-34-9-7-20(24)26-21(27(38-36-26)18-2-3-18)5-1-17-12-28(13-17)15-37(16-28)19-4-6-25-22(11-19)23(8-10-35-25)29(31,32)33/h1,4-11,14,17-18H,2-3,12-13,15-16H2/b5-1+. The molecular formula is C29H24ClF3N4O. The van der Waals surface area contributed by atoms with Gasteiger partial charge in [0, 0.05) is 65.2 Å². The second kappa shape index (κ2) is 8.56. The van der Waals surface area contributed by atoms with E-state index in [9.17, 15) is 13.2 Å². The molecule has 4 aromatic rings. The molecule has 0 amide bonds. The Morgan fingerprint density at radius 2 is 1.89 bits per heavy atom. The van der Waals surface area contributed by atoms with Gasteiger partial charge in [-0.25, -0.2) is 0 Å². The predicted molar refractivity (Wildman–Crippen MR) is 140 cm³/mol. The van der Waals surface area contributed by atoms with Crippen LogP contribution in [0.2, 0.25) is 5.02 Å². The van der Waals surface area contributed by atoms with Crippen LogP contribution in [-0.2, 0) is 6.18 Å². The van der Waals surface area contributed by atoms with E-state index in [-0.39, 0.29) is 10.8 Å². The SMILES string of the molecule is FC(F)(F)c1ccnc2ccc(N3CC4(CC(/C=C/c5c(-c6ccncc6Cl)noc5C5CC5)C4)C3)cc12. The van der Waals surface area contributed by atoms with Crippen molar-refractivity contribution >= 4 is 34.3 Å². The van der Waals surface area contributed by atoms with Crippen LogP contribution in [0.4, 0.5) is 18.9 Å². The highest BCUT2D eigenvalue weighted by atomic mass is 35.5. The van der Waals surface area contributed by atoms with Gasteiger partial charge < -0.3 is 9.42 Å². The Bertz CT molecular complexity index is 1560. The molecule has 5 nitrogen and oxygen atoms in total. The minimum atomic E-state index is -4.41. The van der Waals surface area contributed by atoms with E-state index < -0.39 is 11.7 Å². The summed E-state index contributed by atoms with van der Waals surface area (Å²) in [6.07, 6.45) is 8.84. The third kappa shape index (κ3) is 4.06. The molecule has 1 saturated heterocycles. The molecule has 0 radical (unpaired) electrons. The number of halogens is 4. The topological polar surface area (TPSA) is 55.1 Å². The molecule has 0 atom stereocenters. The first-order valence-corrected chi connectivity index (χ1v) is 13.2. The van der Waals surface area contributed by atoms with Crippen molar-refractivity contribution in [1.29, 1.82) is 0 Å². The fourth-order valence-electron chi connectivity index (χ4n) is 6.08. The molecule has 0 unspecified atom stereocenters. The average Bonchev–Trinajstić information content (AvgIpc) is 3.61. The van der Waals surface area contributed by atoms with Crippen molar-refractivity contribution in [2.24, 2.45) is 11.3 Å². The van der Waals surface area contributed by atoms with Gasteiger partial charge in [0.2, 0.25) is 0 Å². The van der Waals surface area contributed by atoms with Crippen LogP contribution in [0.15, 0.2) is 59.5 Å². The lowest BCUT2D eigenvalue weighted by Crippen LogP contribution is -2.62. The Kier molecular flexibility index (Phi) is 5.34. The molecule has 3 aliphatic rings. The van der Waals surface area contributed by atoms with Gasteiger partial charge in [-0.15, -0.1) is 0 Å². The molecule has 194 valence electrons. The van der Waals surface area contributed by atoms with Crippen LogP contribution in [0.3, 0.4) is 0 Å². The first-order valence-electron chi connectivity index (χ1n) is 12.8. The highest BCUT2D eigenvalue weighted by molar-refractivity contribution is 6.33. The molecule has 2 saturated carbocycles. The molecule has 1 aliphatic heterocycles. The van der Waals surface area contributed by atoms with E-state index in [2.05, 4.69) is 32.2 Å². The van der Waals surface area contributed by atoms with Crippen molar-refractivity contribution in [3.63, 3.8) is 0 Å². The highest BCUT2D eigenvalue weighted by Crippen LogP contribution is 2.54. The zero-order valence-electron chi connectivity index (χ0n) is 20.4. The van der Waals surface area contributed by atoms with Crippen LogP contribution in [-0.4, -0.2) is 28.2 Å². The number of rotatable bonds is 5. The lowest BCUT2D eigenvalue weighted by molar-refractivity contribution is -0.136. The van der Waals surface area contributed by atoms with Gasteiger partial charge >= 0.3 is 6.18 Å². The normalized spacial score (nSPS) is 19.3. The lowest BCUT2D eigenvalue weighted by atomic mass is 9.57. The summed E-state index contributed by atoms with van der Waals surface area (Å²) in [5.41, 5.74) is 3.33. The Labute approximate surface area is 222 Å². The molecule has 0 N–H and O–H groups in total. The molecule has 3 aromatic heterocycles. The molecule has 1 aromatic carbocycles. The number of anilines is 1. The van der Waals surface area contributed by atoms with E-state index in [0.29, 0.717) is 22.4 Å². The summed E-state index contributed by atoms with van der Waals surface area (Å²) in [7, 11) is 0. The summed E-state index contributed by atoms with van der Waals surface area (Å²) < 4.78 is 46.2. The van der Waals surface area contributed by atoms with Gasteiger partial charge in [-0.2, -0.15) is 13.2 Å². The third-order valence-electron chi connectivity index (χ3n) is 8.11. The number of aromatic nitrogens is 3. The van der Waals surface area contributed by atoms with Crippen molar-refractivity contribution in [3.8, 4) is 11.3 Å². The predicted octanol–water partition coefficient (Wildman–Crippen LogP) is 7.76. The maximum Gasteiger partial charge on any atom is 0.417 e. The number of hydrogen-bond donors (Lipinski definition) is 0. The highest BCUT2D eigenvalue weighted by Gasteiger charge is 2.51. The second-order valence-corrected chi connectivity index (χ2v) is 11.3. The summed E-state index contributed by atoms with van der Waals surface area (Å²) in [5.74, 6) is 1.79. The minimum Gasteiger partial charge on any atom is -0.370 e. The van der Waals surface area contributed by atoms with Crippen LogP contribution in [0, 0.1) is 11.3 Å². The number of pyridine rings is 2. The van der Waals surface area contributed by atoms with Crippen molar-refractivity contribution < 1.29 is 17.7 Å². The van der Waals surface area contributed by atoms with Gasteiger partial charge in [0.1, 0.15) is 11.5 Å². The summed E-state index contributed by atoms with van der Waals surface area (Å²) in [5, 5.41) is 5.05. The summed E-state index contributed by atoms with van der Waals surface area (Å²) >= 11 is 6.40. The Balaban J connectivity index is 1.05. The van der Waals surface area contributed by atoms with E-state index in [1.54, 1.807) is 24.5 Å². The van der Waals surface area contributed by atoms with E-state index in [1.807, 2.05) is 12.1 Å². The van der Waals surface area contributed by atoms with Crippen LogP contribution in [0.5, 0.6) is 0 Å². The smallest absolute Gasteiger partial charge is 0.370 e. The third-order valence-corrected chi connectivity index (χ3v) is 8.41. The minimum absolute atomic E-state index is 0.151. The Hall–Kier alpha value is -3.39. The fraction of sp³-hybridized carbons (Fsp3) is 0.345. The van der Waals surface area contributed by atoms with Crippen LogP contribution in [0.25, 0.3) is 28.2 Å². The Morgan fingerprint density at radius 3 is 2.63 bits per heavy atom. The monoisotopic (exact) mass is 536 g/mol. The molecule has 4 heterocycles. The molecular weight excluding hydrogens is 513 g/mol. The first kappa shape index (κ1) is 23.7. The number of allylic oxidation sites excluding steroid dienone is 1. The van der Waals surface area contributed by atoms with E-state index in [0.717, 1.165) is 73.1 Å². The first-order chi connectivity index (χ1) is 18.3. The second-order valence-electron chi connectivity index (χ2n) is 10.9. The molecule has 3 fully saturated rings. The lowest BCUT2D eigenvalue weighted by Gasteiger charge is -2.59. The quantitative estimate of drug-likeness (QED) is 0.261. The van der Waals surface area contributed by atoms with Crippen molar-refractivity contribution in [2.75, 3.05) is 18.0 Å². The summed E-state index contributed by atoms with van der Waals surface area (Å²) in [6.45, 7) is 1.70. The van der Waals surface area contributed by atoms with Crippen molar-refractivity contribution in [1.82, 2.24) is 15.1 Å². The number of fused-ring (bicyclic) bond motifs is 1. The number of alkyl halides is 3. The van der Waals surface area contributed by atoms with Gasteiger partial charge in [-0.1, -0.05) is 28.9 Å². The molecule has 7 rings (SSSR count). The maximum atomic E-state index is 13.5. The van der Waals surface area contributed by atoms with Crippen LogP contribution < -0.4 is 4.90 Å². The van der Waals surface area contributed by atoms with Crippen LogP contribution >= 0.6 is 11.6 Å². The van der Waals surface area contributed by atoms with Gasteiger partial charge in [0.05, 0.1) is 16.1 Å².